The molecule has 4 atom stereocenters. The number of sulfone groups is 2. The molecule has 8 rings (SSSR count). The molecule has 0 fully saturated rings. The van der Waals surface area contributed by atoms with Gasteiger partial charge in [0, 0.05) is 51.1 Å². The summed E-state index contributed by atoms with van der Waals surface area (Å²) in [6, 6.07) is 21.0. The molecule has 0 N–H and O–H groups in total. The third-order valence-electron chi connectivity index (χ3n) is 12.5. The number of rotatable bonds is 24. The maximum Gasteiger partial charge on any atom is 0.213 e. The first-order valence-corrected chi connectivity index (χ1v) is 28.5. The molecule has 0 amide bonds. The van der Waals surface area contributed by atoms with E-state index in [4.69, 9.17) is 37.9 Å². The molecule has 0 aliphatic carbocycles. The van der Waals surface area contributed by atoms with Crippen LogP contribution in [0, 0.1) is 13.8 Å². The molecular formula is C54H64N12O12S2. The number of nitrogens with zero attached hydrogens (tertiary/aromatic N) is 12. The van der Waals surface area contributed by atoms with Crippen LogP contribution in [0.3, 0.4) is 0 Å². The van der Waals surface area contributed by atoms with Crippen molar-refractivity contribution in [1.82, 2.24) is 59.4 Å². The zero-order chi connectivity index (χ0) is 57.7. The van der Waals surface area contributed by atoms with Crippen LogP contribution in [0.5, 0.6) is 34.8 Å². The van der Waals surface area contributed by atoms with Crippen molar-refractivity contribution in [3.05, 3.63) is 132 Å². The molecule has 0 radical (unpaired) electrons. The van der Waals surface area contributed by atoms with Gasteiger partial charge in [0.05, 0.1) is 52.2 Å². The Morgan fingerprint density at radius 1 is 0.475 bits per heavy atom. The van der Waals surface area contributed by atoms with E-state index in [-0.39, 0.29) is 34.9 Å². The van der Waals surface area contributed by atoms with Crippen LogP contribution >= 0.6 is 0 Å². The van der Waals surface area contributed by atoms with Gasteiger partial charge in [0.2, 0.25) is 11.8 Å². The second kappa shape index (κ2) is 26.6. The highest BCUT2D eigenvalue weighted by Crippen LogP contribution is 2.39. The molecule has 424 valence electrons. The molecular weight excluding hydrogens is 1070 g/mol. The van der Waals surface area contributed by atoms with Crippen molar-refractivity contribution < 1.29 is 54.7 Å². The Balaban J connectivity index is 0.000000231. The maximum absolute atomic E-state index is 13.8. The number of benzene rings is 2. The van der Waals surface area contributed by atoms with Crippen molar-refractivity contribution in [2.24, 2.45) is 0 Å². The molecule has 24 nitrogen and oxygen atoms in total. The lowest BCUT2D eigenvalue weighted by molar-refractivity contribution is 0.0947. The largest absolute Gasteiger partial charge is 0.494 e. The first kappa shape index (κ1) is 59.5. The highest BCUT2D eigenvalue weighted by Gasteiger charge is 2.37. The van der Waals surface area contributed by atoms with E-state index in [9.17, 15) is 16.8 Å². The van der Waals surface area contributed by atoms with Gasteiger partial charge >= 0.3 is 0 Å². The molecule has 0 unspecified atom stereocenters. The van der Waals surface area contributed by atoms with Crippen molar-refractivity contribution >= 4 is 19.7 Å². The summed E-state index contributed by atoms with van der Waals surface area (Å²) in [7, 11) is 1.12. The lowest BCUT2D eigenvalue weighted by atomic mass is 10.2. The Kier molecular flexibility index (Phi) is 19.8. The minimum Gasteiger partial charge on any atom is -0.494 e. The van der Waals surface area contributed by atoms with Crippen LogP contribution < -0.4 is 28.4 Å². The maximum atomic E-state index is 13.8. The highest BCUT2D eigenvalue weighted by molar-refractivity contribution is 7.91. The molecule has 0 saturated carbocycles. The lowest BCUT2D eigenvalue weighted by Crippen LogP contribution is -2.30. The summed E-state index contributed by atoms with van der Waals surface area (Å²) in [4.78, 5) is 26.1. The molecule has 0 bridgehead atoms. The number of ether oxygens (including phenoxy) is 8. The Hall–Kier alpha value is -8.20. The van der Waals surface area contributed by atoms with Gasteiger partial charge in [-0.05, 0) is 89.1 Å². The fourth-order valence-corrected chi connectivity index (χ4v) is 11.2. The van der Waals surface area contributed by atoms with E-state index in [1.54, 1.807) is 121 Å². The van der Waals surface area contributed by atoms with Gasteiger partial charge in [0.15, 0.2) is 54.6 Å². The van der Waals surface area contributed by atoms with E-state index in [1.807, 2.05) is 27.7 Å². The van der Waals surface area contributed by atoms with Crippen LogP contribution in [0.2, 0.25) is 0 Å². The van der Waals surface area contributed by atoms with Crippen molar-refractivity contribution in [1.29, 1.82) is 0 Å². The summed E-state index contributed by atoms with van der Waals surface area (Å²) >= 11 is 0. The summed E-state index contributed by atoms with van der Waals surface area (Å²) in [5, 5.41) is 15.3. The molecule has 26 heteroatoms. The minimum absolute atomic E-state index is 0.136. The zero-order valence-electron chi connectivity index (χ0n) is 46.5. The van der Waals surface area contributed by atoms with Crippen LogP contribution in [0.1, 0.15) is 74.3 Å². The standard InChI is InChI=1S/2C27H32N6O6S/c2*1-7-39-21-12-9-11-20(36-4)24(21)33-22(31-32-27(33)19-10-8-13-23(30-19)37-5)16-40(34,35)18(3)25(38-6)26-28-14-17(2)15-29-26/h2*8-15,18,25H,7,16H2,1-6H3/t2*18-,25-/m00/s1. The average Bonchev–Trinajstić information content (AvgIpc) is 4.12. The SMILES string of the molecule is CCOc1cccc(OC)c1-n1c(CS(=O)(=O)[C@@H](C)[C@H](OC)c2ncc(C)cn2)nnc1-c1cccc(OC)n1.CCOc1cccc(OC)c1-n1c(CS(=O)(=O)[C@@H](C)[C@H](OC)c2ncc(C)cn2)nnc1-c1cccc(OC)n1. The predicted octanol–water partition coefficient (Wildman–Crippen LogP) is 7.07. The second-order valence-corrected chi connectivity index (χ2v) is 22.5. The van der Waals surface area contributed by atoms with E-state index in [0.717, 1.165) is 11.1 Å². The van der Waals surface area contributed by atoms with Gasteiger partial charge in [-0.2, -0.15) is 0 Å². The summed E-state index contributed by atoms with van der Waals surface area (Å²) in [6.45, 7) is 11.3. The van der Waals surface area contributed by atoms with E-state index in [1.165, 1.54) is 42.7 Å². The minimum atomic E-state index is -3.89. The van der Waals surface area contributed by atoms with E-state index >= 15 is 0 Å². The number of aryl methyl sites for hydroxylation is 2. The van der Waals surface area contributed by atoms with Crippen LogP contribution in [0.25, 0.3) is 34.4 Å². The number of pyridine rings is 2. The van der Waals surface area contributed by atoms with Crippen LogP contribution in [-0.2, 0) is 40.7 Å². The lowest BCUT2D eigenvalue weighted by Gasteiger charge is -2.22. The van der Waals surface area contributed by atoms with Gasteiger partial charge in [0.25, 0.3) is 0 Å². The van der Waals surface area contributed by atoms with Crippen molar-refractivity contribution in [2.45, 2.75) is 75.8 Å². The third-order valence-corrected chi connectivity index (χ3v) is 16.5. The monoisotopic (exact) mass is 1140 g/mol. The van der Waals surface area contributed by atoms with Crippen molar-refractivity contribution in [3.8, 4) is 69.2 Å². The van der Waals surface area contributed by atoms with Gasteiger partial charge < -0.3 is 37.9 Å². The summed E-state index contributed by atoms with van der Waals surface area (Å²) < 4.78 is 103. The number of hydrogen-bond donors (Lipinski definition) is 0. The van der Waals surface area contributed by atoms with Gasteiger partial charge in [-0.1, -0.05) is 24.3 Å². The molecule has 6 aromatic heterocycles. The highest BCUT2D eigenvalue weighted by atomic mass is 32.2. The molecule has 0 saturated heterocycles. The smallest absolute Gasteiger partial charge is 0.213 e. The summed E-state index contributed by atoms with van der Waals surface area (Å²) in [6.07, 6.45) is 4.69. The van der Waals surface area contributed by atoms with Gasteiger partial charge in [-0.3, -0.25) is 9.13 Å². The molecule has 0 spiro atoms. The molecule has 0 aliphatic rings. The van der Waals surface area contributed by atoms with E-state index < -0.39 is 53.9 Å². The molecule has 8 aromatic rings. The molecule has 2 aromatic carbocycles. The summed E-state index contributed by atoms with van der Waals surface area (Å²) in [5.41, 5.74) is 3.42. The Bertz CT molecular complexity index is 3350. The van der Waals surface area contributed by atoms with E-state index in [0.29, 0.717) is 70.7 Å². The zero-order valence-corrected chi connectivity index (χ0v) is 48.1. The fraction of sp³-hybridized carbons (Fsp3) is 0.370. The normalized spacial score (nSPS) is 13.1. The summed E-state index contributed by atoms with van der Waals surface area (Å²) in [5.74, 6) is 2.95. The number of aromatic nitrogens is 12. The van der Waals surface area contributed by atoms with Gasteiger partial charge in [-0.25, -0.2) is 46.7 Å². The molecule has 6 heterocycles. The van der Waals surface area contributed by atoms with Gasteiger partial charge in [0.1, 0.15) is 69.5 Å². The van der Waals surface area contributed by atoms with Gasteiger partial charge in [-0.15, -0.1) is 20.4 Å². The van der Waals surface area contributed by atoms with Crippen LogP contribution in [0.4, 0.5) is 0 Å². The molecule has 0 aliphatic heterocycles. The Labute approximate surface area is 464 Å². The second-order valence-electron chi connectivity index (χ2n) is 17.7. The van der Waals surface area contributed by atoms with E-state index in [2.05, 4.69) is 50.3 Å². The number of para-hydroxylation sites is 2. The Morgan fingerprint density at radius 2 is 0.825 bits per heavy atom. The Morgan fingerprint density at radius 3 is 1.15 bits per heavy atom. The average molecular weight is 1140 g/mol. The first-order valence-electron chi connectivity index (χ1n) is 25.0. The quantitative estimate of drug-likeness (QED) is 0.0584. The topological polar surface area (TPSA) is 281 Å². The van der Waals surface area contributed by atoms with Crippen molar-refractivity contribution in [2.75, 3.05) is 55.9 Å². The third kappa shape index (κ3) is 13.3. The molecule has 80 heavy (non-hydrogen) atoms. The fourth-order valence-electron chi connectivity index (χ4n) is 8.36. The predicted molar refractivity (Wildman–Crippen MR) is 295 cm³/mol. The number of hydrogen-bond acceptors (Lipinski definition) is 22. The van der Waals surface area contributed by atoms with Crippen LogP contribution in [0.15, 0.2) is 97.6 Å². The van der Waals surface area contributed by atoms with Crippen molar-refractivity contribution in [3.63, 3.8) is 0 Å². The van der Waals surface area contributed by atoms with Crippen LogP contribution in [-0.4, -0.2) is 143 Å². The first-order chi connectivity index (χ1) is 38.5. The number of methoxy groups -OCH3 is 6.